The summed E-state index contributed by atoms with van der Waals surface area (Å²) in [7, 11) is 0. The molecule has 0 radical (unpaired) electrons. The largest absolute Gasteiger partial charge is 0.456 e. The van der Waals surface area contributed by atoms with Crippen LogP contribution in [-0.4, -0.2) is 9.13 Å². The SMILES string of the molecule is C.C.C.N#Cc1cc(-c2cc(C#N)cc(-n3c4ccccc4c4ccc5oc6ccccc6c5c43)c2)cc(-n2c3ccccc3c3c4oc5ccccc5c4ccc32)c1. The van der Waals surface area contributed by atoms with Gasteiger partial charge in [-0.3, -0.25) is 0 Å². The van der Waals surface area contributed by atoms with Crippen LogP contribution in [0.25, 0.3) is 110 Å². The zero-order valence-corrected chi connectivity index (χ0v) is 29.6. The molecule has 0 N–H and O–H groups in total. The quantitative estimate of drug-likeness (QED) is 0.179. The maximum absolute atomic E-state index is 10.5. The zero-order valence-electron chi connectivity index (χ0n) is 29.6. The van der Waals surface area contributed by atoms with E-state index in [1.165, 1.54) is 0 Å². The van der Waals surface area contributed by atoms with Crippen molar-refractivity contribution in [3.8, 4) is 34.6 Å². The first-order valence-corrected chi connectivity index (χ1v) is 18.5. The monoisotopic (exact) mass is 762 g/mol. The second kappa shape index (κ2) is 13.6. The van der Waals surface area contributed by atoms with Gasteiger partial charge in [-0.15, -0.1) is 0 Å². The van der Waals surface area contributed by atoms with Crippen molar-refractivity contribution in [2.24, 2.45) is 0 Å². The van der Waals surface area contributed by atoms with Crippen molar-refractivity contribution in [3.63, 3.8) is 0 Å². The molecule has 4 heterocycles. The number of nitrogens with zero attached hydrogens (tertiary/aromatic N) is 4. The Morgan fingerprint density at radius 2 is 0.932 bits per heavy atom. The summed E-state index contributed by atoms with van der Waals surface area (Å²) in [6.45, 7) is 0. The Labute approximate surface area is 340 Å². The van der Waals surface area contributed by atoms with Crippen molar-refractivity contribution in [2.75, 3.05) is 0 Å². The first kappa shape index (κ1) is 36.6. The molecule has 59 heavy (non-hydrogen) atoms. The van der Waals surface area contributed by atoms with Gasteiger partial charge in [-0.05, 0) is 96.1 Å². The highest BCUT2D eigenvalue weighted by atomic mass is 16.3. The summed E-state index contributed by atoms with van der Waals surface area (Å²) in [5, 5.41) is 29.4. The molecule has 8 aromatic carbocycles. The molecule has 0 fully saturated rings. The molecular formula is C53H38N4O2. The van der Waals surface area contributed by atoms with Crippen LogP contribution >= 0.6 is 0 Å². The fourth-order valence-corrected chi connectivity index (χ4v) is 8.99. The molecule has 0 bridgehead atoms. The molecular weight excluding hydrogens is 725 g/mol. The Hall–Kier alpha value is -8.06. The molecule has 0 aliphatic carbocycles. The fourth-order valence-electron chi connectivity index (χ4n) is 8.99. The van der Waals surface area contributed by atoms with Gasteiger partial charge in [0.15, 0.2) is 0 Å². The number of hydrogen-bond donors (Lipinski definition) is 0. The van der Waals surface area contributed by atoms with Gasteiger partial charge in [0.05, 0.1) is 56.1 Å². The third kappa shape index (κ3) is 5.11. The van der Waals surface area contributed by atoms with E-state index in [0.717, 1.165) is 110 Å². The Morgan fingerprint density at radius 3 is 1.61 bits per heavy atom. The average molecular weight is 763 g/mol. The minimum absolute atomic E-state index is 0. The number of hydrogen-bond acceptors (Lipinski definition) is 4. The minimum atomic E-state index is 0. The van der Waals surface area contributed by atoms with Crippen molar-refractivity contribution < 1.29 is 8.83 Å². The lowest BCUT2D eigenvalue weighted by Crippen LogP contribution is -1.98. The highest BCUT2D eigenvalue weighted by Gasteiger charge is 2.22. The van der Waals surface area contributed by atoms with Crippen LogP contribution in [0.4, 0.5) is 0 Å². The molecule has 0 amide bonds. The topological polar surface area (TPSA) is 83.7 Å². The lowest BCUT2D eigenvalue weighted by atomic mass is 9.99. The maximum atomic E-state index is 10.5. The van der Waals surface area contributed by atoms with Crippen LogP contribution in [0.5, 0.6) is 0 Å². The molecule has 0 unspecified atom stereocenters. The summed E-state index contributed by atoms with van der Waals surface area (Å²) in [4.78, 5) is 0. The van der Waals surface area contributed by atoms with Crippen LogP contribution in [0.3, 0.4) is 0 Å². The zero-order chi connectivity index (χ0) is 37.1. The lowest BCUT2D eigenvalue weighted by Gasteiger charge is -2.14. The molecule has 282 valence electrons. The van der Waals surface area contributed by atoms with E-state index in [4.69, 9.17) is 8.83 Å². The molecule has 12 rings (SSSR count). The Balaban J connectivity index is 0.00000150. The van der Waals surface area contributed by atoms with E-state index >= 15 is 0 Å². The minimum Gasteiger partial charge on any atom is -0.456 e. The highest BCUT2D eigenvalue weighted by Crippen LogP contribution is 2.43. The van der Waals surface area contributed by atoms with E-state index in [1.54, 1.807) is 0 Å². The number of fused-ring (bicyclic) bond motifs is 14. The summed E-state index contributed by atoms with van der Waals surface area (Å²) in [5.74, 6) is 0. The van der Waals surface area contributed by atoms with Gasteiger partial charge >= 0.3 is 0 Å². The summed E-state index contributed by atoms with van der Waals surface area (Å²) in [6, 6.07) is 58.2. The van der Waals surface area contributed by atoms with Gasteiger partial charge in [0.25, 0.3) is 0 Å². The van der Waals surface area contributed by atoms with Gasteiger partial charge in [-0.25, -0.2) is 0 Å². The molecule has 0 aliphatic heterocycles. The Kier molecular flexibility index (Phi) is 8.40. The summed E-state index contributed by atoms with van der Waals surface area (Å²) in [5.41, 5.74) is 11.7. The normalized spacial score (nSPS) is 11.3. The van der Waals surface area contributed by atoms with Crippen LogP contribution in [0.2, 0.25) is 0 Å². The average Bonchev–Trinajstić information content (AvgIpc) is 4.00. The third-order valence-electron chi connectivity index (χ3n) is 11.3. The van der Waals surface area contributed by atoms with E-state index in [2.05, 4.69) is 100 Å². The van der Waals surface area contributed by atoms with Crippen molar-refractivity contribution in [3.05, 3.63) is 169 Å². The predicted molar refractivity (Wildman–Crippen MR) is 245 cm³/mol. The molecule has 0 saturated carbocycles. The number of aromatic nitrogens is 2. The molecule has 4 aromatic heterocycles. The molecule has 0 aliphatic rings. The van der Waals surface area contributed by atoms with Gasteiger partial charge in [-0.1, -0.05) is 95.1 Å². The van der Waals surface area contributed by atoms with E-state index < -0.39 is 0 Å². The first-order chi connectivity index (χ1) is 27.7. The second-order valence-electron chi connectivity index (χ2n) is 14.3. The van der Waals surface area contributed by atoms with Crippen molar-refractivity contribution in [1.82, 2.24) is 9.13 Å². The number of furan rings is 2. The molecule has 12 aromatic rings. The molecule has 0 atom stereocenters. The Morgan fingerprint density at radius 1 is 0.390 bits per heavy atom. The number of rotatable bonds is 3. The van der Waals surface area contributed by atoms with Crippen LogP contribution in [-0.2, 0) is 0 Å². The van der Waals surface area contributed by atoms with Gasteiger partial charge in [0.1, 0.15) is 22.3 Å². The van der Waals surface area contributed by atoms with Gasteiger partial charge < -0.3 is 18.0 Å². The van der Waals surface area contributed by atoms with Gasteiger partial charge in [0.2, 0.25) is 0 Å². The lowest BCUT2D eigenvalue weighted by molar-refractivity contribution is 0.669. The van der Waals surface area contributed by atoms with Crippen LogP contribution in [0.15, 0.2) is 167 Å². The number of benzene rings is 8. The number of para-hydroxylation sites is 4. The van der Waals surface area contributed by atoms with Crippen molar-refractivity contribution in [1.29, 1.82) is 10.5 Å². The summed E-state index contributed by atoms with van der Waals surface area (Å²) in [6.07, 6.45) is 0. The molecule has 6 nitrogen and oxygen atoms in total. The van der Waals surface area contributed by atoms with E-state index in [0.29, 0.717) is 11.1 Å². The smallest absolute Gasteiger partial charge is 0.145 e. The standard InChI is InChI=1S/C50H26N4O2.3CH4/c51-27-29-21-31(25-33(23-29)53-42-14-6-2-11-39(42)47-43(53)19-17-38-36-10-3-7-15-44(36)56-50(38)47)32-22-30(28-52)24-34(26-32)54-41-13-5-1-9-35(41)37-18-20-46-48(49(37)54)40-12-4-8-16-45(40)55-46;;;/h1-26H;3*1H4. The fraction of sp³-hybridized carbons (Fsp3) is 0.0566. The van der Waals surface area contributed by atoms with E-state index in [1.807, 2.05) is 78.9 Å². The first-order valence-electron chi connectivity index (χ1n) is 18.5. The van der Waals surface area contributed by atoms with Crippen molar-refractivity contribution in [2.45, 2.75) is 22.3 Å². The molecule has 0 spiro atoms. The van der Waals surface area contributed by atoms with Gasteiger partial charge in [-0.2, -0.15) is 10.5 Å². The maximum Gasteiger partial charge on any atom is 0.145 e. The van der Waals surface area contributed by atoms with Gasteiger partial charge in [0, 0.05) is 43.7 Å². The highest BCUT2D eigenvalue weighted by molar-refractivity contribution is 6.25. The molecule has 0 saturated heterocycles. The number of nitriles is 2. The molecule has 6 heteroatoms. The van der Waals surface area contributed by atoms with Crippen molar-refractivity contribution >= 4 is 87.5 Å². The predicted octanol–water partition coefficient (Wildman–Crippen LogP) is 15.0. The Bertz CT molecular complexity index is 3750. The van der Waals surface area contributed by atoms with Crippen LogP contribution < -0.4 is 0 Å². The van der Waals surface area contributed by atoms with E-state index in [9.17, 15) is 10.5 Å². The summed E-state index contributed by atoms with van der Waals surface area (Å²) >= 11 is 0. The third-order valence-corrected chi connectivity index (χ3v) is 11.3. The van der Waals surface area contributed by atoms with E-state index in [-0.39, 0.29) is 22.3 Å². The second-order valence-corrected chi connectivity index (χ2v) is 14.3. The van der Waals surface area contributed by atoms with Crippen LogP contribution in [0.1, 0.15) is 33.4 Å². The summed E-state index contributed by atoms with van der Waals surface area (Å²) < 4.78 is 17.4. The van der Waals surface area contributed by atoms with Crippen LogP contribution in [0, 0.1) is 22.7 Å².